The van der Waals surface area contributed by atoms with Crippen LogP contribution >= 0.6 is 0 Å². The second kappa shape index (κ2) is 6.02. The Hall–Kier alpha value is -0.610. The van der Waals surface area contributed by atoms with Crippen molar-refractivity contribution in [3.8, 4) is 0 Å². The van der Waals surface area contributed by atoms with E-state index in [9.17, 15) is 4.79 Å². The van der Waals surface area contributed by atoms with Crippen molar-refractivity contribution in [3.05, 3.63) is 0 Å². The van der Waals surface area contributed by atoms with Crippen molar-refractivity contribution in [3.63, 3.8) is 0 Å². The molecule has 0 saturated carbocycles. The highest BCUT2D eigenvalue weighted by molar-refractivity contribution is 5.76. The summed E-state index contributed by atoms with van der Waals surface area (Å²) in [6.45, 7) is 6.55. The molecular weight excluding hydrogens is 228 g/mol. The van der Waals surface area contributed by atoms with Crippen molar-refractivity contribution >= 4 is 5.97 Å². The first-order valence-electron chi connectivity index (χ1n) is 7.21. The summed E-state index contributed by atoms with van der Waals surface area (Å²) in [6.07, 6.45) is 5.08. The van der Waals surface area contributed by atoms with E-state index in [-0.39, 0.29) is 17.9 Å². The molecule has 0 spiro atoms. The van der Waals surface area contributed by atoms with Crippen LogP contribution < -0.4 is 5.32 Å². The van der Waals surface area contributed by atoms with Crippen LogP contribution in [0.2, 0.25) is 0 Å². The lowest BCUT2D eigenvalue weighted by Gasteiger charge is -2.34. The van der Waals surface area contributed by atoms with E-state index < -0.39 is 0 Å². The summed E-state index contributed by atoms with van der Waals surface area (Å²) in [7, 11) is 1.47. The van der Waals surface area contributed by atoms with E-state index in [2.05, 4.69) is 24.1 Å². The molecule has 0 amide bonds. The Morgan fingerprint density at radius 3 is 2.72 bits per heavy atom. The fourth-order valence-electron chi connectivity index (χ4n) is 3.33. The van der Waals surface area contributed by atoms with Crippen LogP contribution in [-0.2, 0) is 9.53 Å². The highest BCUT2D eigenvalue weighted by atomic mass is 16.5. The van der Waals surface area contributed by atoms with Crippen molar-refractivity contribution in [1.29, 1.82) is 0 Å². The number of piperidine rings is 1. The highest BCUT2D eigenvalue weighted by Gasteiger charge is 2.38. The number of nitrogens with one attached hydrogen (secondary N) is 1. The Morgan fingerprint density at radius 1 is 1.28 bits per heavy atom. The van der Waals surface area contributed by atoms with Gasteiger partial charge in [0.2, 0.25) is 0 Å². The monoisotopic (exact) mass is 254 g/mol. The molecule has 2 saturated heterocycles. The molecule has 0 aromatic rings. The van der Waals surface area contributed by atoms with Gasteiger partial charge in [-0.2, -0.15) is 0 Å². The number of hydrogen-bond acceptors (Lipinski definition) is 4. The normalized spacial score (nSPS) is 30.2. The number of esters is 1. The minimum atomic E-state index is -0.165. The molecule has 18 heavy (non-hydrogen) atoms. The third-order valence-electron chi connectivity index (χ3n) is 4.37. The second-order valence-electron chi connectivity index (χ2n) is 5.91. The maximum absolute atomic E-state index is 11.8. The SMILES string of the molecule is COC(=O)[C@@H](NC1CCN2CCCCC12)C(C)C. The van der Waals surface area contributed by atoms with E-state index in [1.807, 2.05) is 0 Å². The average Bonchev–Trinajstić information content (AvgIpc) is 2.78. The number of carbonyl (C=O) groups is 1. The molecule has 0 aromatic heterocycles. The molecule has 4 nitrogen and oxygen atoms in total. The molecule has 2 unspecified atom stereocenters. The number of ether oxygens (including phenoxy) is 1. The van der Waals surface area contributed by atoms with Gasteiger partial charge in [0, 0.05) is 18.6 Å². The van der Waals surface area contributed by atoms with Gasteiger partial charge in [-0.25, -0.2) is 0 Å². The topological polar surface area (TPSA) is 41.6 Å². The van der Waals surface area contributed by atoms with Gasteiger partial charge in [0.25, 0.3) is 0 Å². The number of hydrogen-bond donors (Lipinski definition) is 1. The third kappa shape index (κ3) is 2.86. The summed E-state index contributed by atoms with van der Waals surface area (Å²) in [5.74, 6) is 0.148. The zero-order valence-electron chi connectivity index (χ0n) is 11.8. The fraction of sp³-hybridized carbons (Fsp3) is 0.929. The molecule has 3 atom stereocenters. The van der Waals surface area contributed by atoms with Gasteiger partial charge in [0.15, 0.2) is 0 Å². The molecule has 4 heteroatoms. The van der Waals surface area contributed by atoms with E-state index >= 15 is 0 Å². The number of carbonyl (C=O) groups excluding carboxylic acids is 1. The standard InChI is InChI=1S/C14H26N2O2/c1-10(2)13(14(17)18-3)15-11-7-9-16-8-5-4-6-12(11)16/h10-13,15H,4-9H2,1-3H3/t11?,12?,13-/m0/s1. The quantitative estimate of drug-likeness (QED) is 0.770. The van der Waals surface area contributed by atoms with E-state index in [1.54, 1.807) is 0 Å². The first-order valence-corrected chi connectivity index (χ1v) is 7.21. The Kier molecular flexibility index (Phi) is 4.62. The summed E-state index contributed by atoms with van der Waals surface area (Å²) in [5, 5.41) is 3.55. The van der Waals surface area contributed by atoms with Crippen LogP contribution in [0.15, 0.2) is 0 Å². The van der Waals surface area contributed by atoms with Crippen LogP contribution in [0.5, 0.6) is 0 Å². The number of nitrogens with zero attached hydrogens (tertiary/aromatic N) is 1. The summed E-state index contributed by atoms with van der Waals surface area (Å²) in [5.41, 5.74) is 0. The van der Waals surface area contributed by atoms with Gasteiger partial charge in [0.05, 0.1) is 7.11 Å². The van der Waals surface area contributed by atoms with Crippen LogP contribution in [-0.4, -0.2) is 49.2 Å². The van der Waals surface area contributed by atoms with Gasteiger partial charge in [-0.05, 0) is 31.7 Å². The summed E-state index contributed by atoms with van der Waals surface area (Å²) < 4.78 is 4.90. The highest BCUT2D eigenvalue weighted by Crippen LogP contribution is 2.27. The van der Waals surface area contributed by atoms with Crippen molar-refractivity contribution in [2.45, 2.75) is 57.7 Å². The summed E-state index contributed by atoms with van der Waals surface area (Å²) in [4.78, 5) is 14.4. The molecule has 0 bridgehead atoms. The van der Waals surface area contributed by atoms with Gasteiger partial charge in [0.1, 0.15) is 6.04 Å². The summed E-state index contributed by atoms with van der Waals surface area (Å²) in [6, 6.07) is 0.920. The molecule has 0 radical (unpaired) electrons. The van der Waals surface area contributed by atoms with Gasteiger partial charge < -0.3 is 4.74 Å². The third-order valence-corrected chi connectivity index (χ3v) is 4.37. The Bertz CT molecular complexity index is 294. The molecule has 104 valence electrons. The second-order valence-corrected chi connectivity index (χ2v) is 5.91. The van der Waals surface area contributed by atoms with Gasteiger partial charge in [-0.1, -0.05) is 20.3 Å². The fourth-order valence-corrected chi connectivity index (χ4v) is 3.33. The molecule has 0 aromatic carbocycles. The molecule has 0 aliphatic carbocycles. The van der Waals surface area contributed by atoms with Crippen molar-refractivity contribution < 1.29 is 9.53 Å². The van der Waals surface area contributed by atoms with Crippen molar-refractivity contribution in [2.24, 2.45) is 5.92 Å². The van der Waals surface area contributed by atoms with Crippen molar-refractivity contribution in [2.75, 3.05) is 20.2 Å². The van der Waals surface area contributed by atoms with E-state index in [4.69, 9.17) is 4.74 Å². The maximum atomic E-state index is 11.8. The first kappa shape index (κ1) is 13.8. The predicted octanol–water partition coefficient (Wildman–Crippen LogP) is 1.40. The maximum Gasteiger partial charge on any atom is 0.323 e. The minimum absolute atomic E-state index is 0.126. The van der Waals surface area contributed by atoms with Crippen LogP contribution in [0, 0.1) is 5.92 Å². The predicted molar refractivity (Wildman–Crippen MR) is 71.4 cm³/mol. The molecular formula is C14H26N2O2. The number of fused-ring (bicyclic) bond motifs is 1. The van der Waals surface area contributed by atoms with Gasteiger partial charge >= 0.3 is 5.97 Å². The Labute approximate surface area is 110 Å². The molecule has 2 rings (SSSR count). The van der Waals surface area contributed by atoms with E-state index in [1.165, 1.54) is 39.5 Å². The molecule has 2 aliphatic heterocycles. The van der Waals surface area contributed by atoms with Crippen molar-refractivity contribution in [1.82, 2.24) is 10.2 Å². The zero-order valence-corrected chi connectivity index (χ0v) is 11.8. The minimum Gasteiger partial charge on any atom is -0.468 e. The lowest BCUT2D eigenvalue weighted by atomic mass is 9.96. The summed E-state index contributed by atoms with van der Waals surface area (Å²) >= 11 is 0. The molecule has 1 N–H and O–H groups in total. The molecule has 2 fully saturated rings. The van der Waals surface area contributed by atoms with Gasteiger partial charge in [-0.3, -0.25) is 15.0 Å². The van der Waals surface area contributed by atoms with Crippen LogP contribution in [0.25, 0.3) is 0 Å². The Morgan fingerprint density at radius 2 is 2.06 bits per heavy atom. The first-order chi connectivity index (χ1) is 8.63. The van der Waals surface area contributed by atoms with Gasteiger partial charge in [-0.15, -0.1) is 0 Å². The lowest BCUT2D eigenvalue weighted by molar-refractivity contribution is -0.144. The number of methoxy groups -OCH3 is 1. The smallest absolute Gasteiger partial charge is 0.323 e. The largest absolute Gasteiger partial charge is 0.468 e. The number of rotatable bonds is 4. The molecule has 2 heterocycles. The van der Waals surface area contributed by atoms with E-state index in [0.717, 1.165) is 6.42 Å². The Balaban J connectivity index is 1.96. The van der Waals surface area contributed by atoms with Crippen LogP contribution in [0.1, 0.15) is 39.5 Å². The van der Waals surface area contributed by atoms with E-state index in [0.29, 0.717) is 12.1 Å². The average molecular weight is 254 g/mol. The van der Waals surface area contributed by atoms with Crippen LogP contribution in [0.4, 0.5) is 0 Å². The lowest BCUT2D eigenvalue weighted by Crippen LogP contribution is -2.52. The zero-order chi connectivity index (χ0) is 13.1. The molecule has 2 aliphatic rings. The van der Waals surface area contributed by atoms with Crippen LogP contribution in [0.3, 0.4) is 0 Å².